The van der Waals surface area contributed by atoms with E-state index in [1.807, 2.05) is 6.92 Å². The SMILES string of the molecule is Cc1cc(S(=O)(=O)C2CCCN2)ccc1Cl. The molecule has 0 aliphatic carbocycles. The first-order valence-corrected chi connectivity index (χ1v) is 7.17. The van der Waals surface area contributed by atoms with E-state index in [0.717, 1.165) is 18.5 Å². The highest BCUT2D eigenvalue weighted by Gasteiger charge is 2.29. The fraction of sp³-hybridized carbons (Fsp3) is 0.455. The van der Waals surface area contributed by atoms with Gasteiger partial charge in [-0.15, -0.1) is 0 Å². The third-order valence-electron chi connectivity index (χ3n) is 2.85. The fourth-order valence-electron chi connectivity index (χ4n) is 1.88. The number of halogens is 1. The molecule has 88 valence electrons. The Morgan fingerprint density at radius 2 is 2.19 bits per heavy atom. The number of hydrogen-bond acceptors (Lipinski definition) is 3. The summed E-state index contributed by atoms with van der Waals surface area (Å²) in [6.07, 6.45) is 1.60. The number of nitrogens with one attached hydrogen (secondary N) is 1. The summed E-state index contributed by atoms with van der Waals surface area (Å²) in [6.45, 7) is 2.58. The lowest BCUT2D eigenvalue weighted by Gasteiger charge is -2.12. The third-order valence-corrected chi connectivity index (χ3v) is 5.33. The molecule has 0 bridgehead atoms. The fourth-order valence-corrected chi connectivity index (χ4v) is 3.73. The number of rotatable bonds is 2. The van der Waals surface area contributed by atoms with Gasteiger partial charge in [0.05, 0.1) is 4.90 Å². The van der Waals surface area contributed by atoms with Crippen LogP contribution in [0.1, 0.15) is 18.4 Å². The molecular formula is C11H14ClNO2S. The molecule has 0 aromatic heterocycles. The van der Waals surface area contributed by atoms with Crippen LogP contribution in [0.5, 0.6) is 0 Å². The van der Waals surface area contributed by atoms with E-state index >= 15 is 0 Å². The van der Waals surface area contributed by atoms with Crippen molar-refractivity contribution in [2.75, 3.05) is 6.54 Å². The van der Waals surface area contributed by atoms with E-state index in [0.29, 0.717) is 16.3 Å². The first kappa shape index (κ1) is 11.9. The molecule has 1 atom stereocenters. The summed E-state index contributed by atoms with van der Waals surface area (Å²) in [5, 5.41) is 3.17. The van der Waals surface area contributed by atoms with Crippen molar-refractivity contribution >= 4 is 21.4 Å². The first-order valence-electron chi connectivity index (χ1n) is 5.25. The molecule has 0 radical (unpaired) electrons. The summed E-state index contributed by atoms with van der Waals surface area (Å²) in [4.78, 5) is 0.355. The van der Waals surface area contributed by atoms with Crippen LogP contribution >= 0.6 is 11.6 Å². The van der Waals surface area contributed by atoms with Crippen molar-refractivity contribution in [3.05, 3.63) is 28.8 Å². The molecule has 5 heteroatoms. The summed E-state index contributed by atoms with van der Waals surface area (Å²) in [7, 11) is -3.25. The molecule has 0 amide bonds. The average molecular weight is 260 g/mol. The molecule has 16 heavy (non-hydrogen) atoms. The van der Waals surface area contributed by atoms with E-state index in [1.165, 1.54) is 0 Å². The summed E-state index contributed by atoms with van der Waals surface area (Å²) < 4.78 is 24.4. The van der Waals surface area contributed by atoms with Crippen molar-refractivity contribution in [1.29, 1.82) is 0 Å². The van der Waals surface area contributed by atoms with Gasteiger partial charge < -0.3 is 5.32 Å². The maximum Gasteiger partial charge on any atom is 0.194 e. The van der Waals surface area contributed by atoms with Gasteiger partial charge in [0, 0.05) is 5.02 Å². The smallest absolute Gasteiger partial charge is 0.194 e. The molecule has 0 saturated carbocycles. The molecule has 1 aliphatic heterocycles. The molecular weight excluding hydrogens is 246 g/mol. The van der Waals surface area contributed by atoms with Gasteiger partial charge in [-0.3, -0.25) is 0 Å². The normalized spacial score (nSPS) is 21.2. The van der Waals surface area contributed by atoms with Gasteiger partial charge in [0.1, 0.15) is 5.37 Å². The Morgan fingerprint density at radius 3 is 2.75 bits per heavy atom. The number of hydrogen-bond donors (Lipinski definition) is 1. The van der Waals surface area contributed by atoms with Gasteiger partial charge in [-0.05, 0) is 50.1 Å². The van der Waals surface area contributed by atoms with Crippen LogP contribution in [0.25, 0.3) is 0 Å². The van der Waals surface area contributed by atoms with Crippen molar-refractivity contribution in [3.8, 4) is 0 Å². The van der Waals surface area contributed by atoms with Gasteiger partial charge >= 0.3 is 0 Å². The largest absolute Gasteiger partial charge is 0.301 e. The lowest BCUT2D eigenvalue weighted by Crippen LogP contribution is -2.30. The Kier molecular flexibility index (Phi) is 3.24. The highest BCUT2D eigenvalue weighted by Crippen LogP contribution is 2.24. The molecule has 1 aromatic rings. The number of benzene rings is 1. The number of aryl methyl sites for hydroxylation is 1. The predicted octanol–water partition coefficient (Wildman–Crippen LogP) is 2.13. The average Bonchev–Trinajstić information content (AvgIpc) is 2.75. The van der Waals surface area contributed by atoms with Gasteiger partial charge in [0.25, 0.3) is 0 Å². The molecule has 1 fully saturated rings. The highest BCUT2D eigenvalue weighted by atomic mass is 35.5. The van der Waals surface area contributed by atoms with Crippen molar-refractivity contribution in [2.45, 2.75) is 30.0 Å². The Labute approximate surface area is 101 Å². The molecule has 3 nitrogen and oxygen atoms in total. The quantitative estimate of drug-likeness (QED) is 0.885. The Bertz CT molecular complexity index is 493. The van der Waals surface area contributed by atoms with Crippen LogP contribution in [-0.4, -0.2) is 20.3 Å². The van der Waals surface area contributed by atoms with Crippen LogP contribution in [0.4, 0.5) is 0 Å². The van der Waals surface area contributed by atoms with Gasteiger partial charge in [0.15, 0.2) is 9.84 Å². The van der Waals surface area contributed by atoms with Gasteiger partial charge in [-0.1, -0.05) is 11.6 Å². The van der Waals surface area contributed by atoms with Crippen LogP contribution in [-0.2, 0) is 9.84 Å². The molecule has 1 aliphatic rings. The van der Waals surface area contributed by atoms with Crippen LogP contribution in [0, 0.1) is 6.92 Å². The van der Waals surface area contributed by atoms with Crippen LogP contribution in [0.15, 0.2) is 23.1 Å². The van der Waals surface area contributed by atoms with E-state index in [2.05, 4.69) is 5.32 Å². The number of sulfone groups is 1. The van der Waals surface area contributed by atoms with Crippen LogP contribution < -0.4 is 5.32 Å². The Morgan fingerprint density at radius 1 is 1.44 bits per heavy atom. The van der Waals surface area contributed by atoms with Crippen LogP contribution in [0.3, 0.4) is 0 Å². The molecule has 0 spiro atoms. The van der Waals surface area contributed by atoms with Crippen molar-refractivity contribution in [3.63, 3.8) is 0 Å². The lowest BCUT2D eigenvalue weighted by atomic mass is 10.2. The zero-order chi connectivity index (χ0) is 11.8. The Balaban J connectivity index is 2.39. The maximum atomic E-state index is 12.2. The maximum absolute atomic E-state index is 12.2. The van der Waals surface area contributed by atoms with Crippen molar-refractivity contribution in [2.24, 2.45) is 0 Å². The Hall–Kier alpha value is -0.580. The topological polar surface area (TPSA) is 46.2 Å². The van der Waals surface area contributed by atoms with Crippen molar-refractivity contribution < 1.29 is 8.42 Å². The minimum Gasteiger partial charge on any atom is -0.301 e. The van der Waals surface area contributed by atoms with E-state index in [1.54, 1.807) is 18.2 Å². The van der Waals surface area contributed by atoms with Crippen molar-refractivity contribution in [1.82, 2.24) is 5.32 Å². The highest BCUT2D eigenvalue weighted by molar-refractivity contribution is 7.92. The van der Waals surface area contributed by atoms with E-state index in [9.17, 15) is 8.42 Å². The van der Waals surface area contributed by atoms with Gasteiger partial charge in [-0.25, -0.2) is 8.42 Å². The van der Waals surface area contributed by atoms with Gasteiger partial charge in [-0.2, -0.15) is 0 Å². The molecule has 1 saturated heterocycles. The minimum atomic E-state index is -3.25. The standard InChI is InChI=1S/C11H14ClNO2S/c1-8-7-9(4-5-10(8)12)16(14,15)11-3-2-6-13-11/h4-5,7,11,13H,2-3,6H2,1H3. The summed E-state index contributed by atoms with van der Waals surface area (Å²) in [5.41, 5.74) is 0.792. The van der Waals surface area contributed by atoms with Crippen LogP contribution in [0.2, 0.25) is 5.02 Å². The second kappa shape index (κ2) is 4.35. The second-order valence-electron chi connectivity index (χ2n) is 4.04. The molecule has 1 N–H and O–H groups in total. The zero-order valence-corrected chi connectivity index (χ0v) is 10.6. The monoisotopic (exact) mass is 259 g/mol. The third kappa shape index (κ3) is 2.10. The minimum absolute atomic E-state index is 0.355. The zero-order valence-electron chi connectivity index (χ0n) is 9.03. The van der Waals surface area contributed by atoms with E-state index in [4.69, 9.17) is 11.6 Å². The summed E-state index contributed by atoms with van der Waals surface area (Å²) in [5.74, 6) is 0. The summed E-state index contributed by atoms with van der Waals surface area (Å²) in [6, 6.07) is 4.85. The molecule has 1 heterocycles. The van der Waals surface area contributed by atoms with E-state index < -0.39 is 15.2 Å². The van der Waals surface area contributed by atoms with Gasteiger partial charge in [0.2, 0.25) is 0 Å². The second-order valence-corrected chi connectivity index (χ2v) is 6.58. The molecule has 1 aromatic carbocycles. The predicted molar refractivity (Wildman–Crippen MR) is 64.4 cm³/mol. The lowest BCUT2D eigenvalue weighted by molar-refractivity contribution is 0.571. The first-order chi connectivity index (χ1) is 7.51. The van der Waals surface area contributed by atoms with E-state index in [-0.39, 0.29) is 0 Å². The summed E-state index contributed by atoms with van der Waals surface area (Å²) >= 11 is 5.88. The molecule has 2 rings (SSSR count). The molecule has 1 unspecified atom stereocenters.